The quantitative estimate of drug-likeness (QED) is 0.630. The van der Waals surface area contributed by atoms with E-state index in [1.54, 1.807) is 6.92 Å². The van der Waals surface area contributed by atoms with Gasteiger partial charge >= 0.3 is 12.1 Å². The molecule has 1 saturated heterocycles. The minimum Gasteiger partial charge on any atom is -0.480 e. The van der Waals surface area contributed by atoms with E-state index in [1.165, 1.54) is 11.9 Å². The Balaban J connectivity index is 1.36. The molecule has 1 aliphatic heterocycles. The zero-order chi connectivity index (χ0) is 25.1. The maximum atomic E-state index is 13.1. The van der Waals surface area contributed by atoms with E-state index in [4.69, 9.17) is 4.74 Å². The zero-order valence-corrected chi connectivity index (χ0v) is 19.8. The molecule has 4 rings (SSSR count). The molecule has 3 amide bonds. The number of nitrogens with zero attached hydrogens (tertiary/aromatic N) is 2. The normalized spacial score (nSPS) is 18.0. The van der Waals surface area contributed by atoms with Crippen LogP contribution in [0.1, 0.15) is 30.4 Å². The van der Waals surface area contributed by atoms with Crippen molar-refractivity contribution in [1.29, 1.82) is 0 Å². The second-order valence-electron chi connectivity index (χ2n) is 8.91. The van der Waals surface area contributed by atoms with Crippen molar-refractivity contribution >= 4 is 23.9 Å². The first-order valence-electron chi connectivity index (χ1n) is 11.7. The molecule has 2 aliphatic rings. The van der Waals surface area contributed by atoms with Gasteiger partial charge in [0, 0.05) is 19.5 Å². The smallest absolute Gasteiger partial charge is 0.407 e. The number of hydrogen-bond donors (Lipinski definition) is 2. The molecule has 0 aromatic heterocycles. The third-order valence-corrected chi connectivity index (χ3v) is 6.80. The standard InChI is InChI=1S/C26H29N3O6/c1-3-16(24(31)29-14-23(30)28(2)13-22(29)25(32)33)12-27-26(34)35-15-21-19-10-6-4-8-17(19)18-9-5-7-11-20(18)21/h4-11,16,21-22H,3,12-15H2,1-2H3,(H,27,34)(H,32,33). The molecule has 0 bridgehead atoms. The van der Waals surface area contributed by atoms with Gasteiger partial charge in [0.1, 0.15) is 19.2 Å². The van der Waals surface area contributed by atoms with Gasteiger partial charge in [0.2, 0.25) is 11.8 Å². The van der Waals surface area contributed by atoms with E-state index in [-0.39, 0.29) is 38.1 Å². The number of ether oxygens (including phenoxy) is 1. The number of amides is 3. The molecule has 2 atom stereocenters. The first kappa shape index (κ1) is 24.3. The van der Waals surface area contributed by atoms with E-state index in [0.29, 0.717) is 6.42 Å². The molecule has 0 saturated carbocycles. The summed E-state index contributed by atoms with van der Waals surface area (Å²) in [5, 5.41) is 12.2. The lowest BCUT2D eigenvalue weighted by Crippen LogP contribution is -2.61. The molecule has 9 heteroatoms. The summed E-state index contributed by atoms with van der Waals surface area (Å²) in [5.74, 6) is -2.72. The van der Waals surface area contributed by atoms with E-state index in [9.17, 15) is 24.3 Å². The summed E-state index contributed by atoms with van der Waals surface area (Å²) in [6, 6.07) is 14.9. The molecule has 0 radical (unpaired) electrons. The molecule has 1 fully saturated rings. The number of nitrogens with one attached hydrogen (secondary N) is 1. The fourth-order valence-corrected chi connectivity index (χ4v) is 4.78. The van der Waals surface area contributed by atoms with Gasteiger partial charge in [0.25, 0.3) is 0 Å². The number of carbonyl (C=O) groups excluding carboxylic acids is 3. The lowest BCUT2D eigenvalue weighted by molar-refractivity contribution is -0.160. The van der Waals surface area contributed by atoms with Crippen LogP contribution in [0.15, 0.2) is 48.5 Å². The highest BCUT2D eigenvalue weighted by Gasteiger charge is 2.40. The Morgan fingerprint density at radius 1 is 1.09 bits per heavy atom. The van der Waals surface area contributed by atoms with Gasteiger partial charge in [-0.25, -0.2) is 9.59 Å². The number of carboxylic acid groups (broad SMARTS) is 1. The molecule has 2 aromatic rings. The van der Waals surface area contributed by atoms with Crippen LogP contribution in [0.4, 0.5) is 4.79 Å². The SMILES string of the molecule is CCC(CNC(=O)OCC1c2ccccc2-c2ccccc21)C(=O)N1CC(=O)N(C)CC1C(=O)O. The predicted octanol–water partition coefficient (Wildman–Crippen LogP) is 2.31. The van der Waals surface area contributed by atoms with Crippen molar-refractivity contribution in [2.75, 3.05) is 33.3 Å². The van der Waals surface area contributed by atoms with Crippen LogP contribution >= 0.6 is 0 Å². The number of piperazine rings is 1. The Hall–Kier alpha value is -3.88. The van der Waals surface area contributed by atoms with Crippen LogP contribution in [0.3, 0.4) is 0 Å². The molecule has 1 aliphatic carbocycles. The van der Waals surface area contributed by atoms with Crippen LogP contribution in [0, 0.1) is 5.92 Å². The van der Waals surface area contributed by atoms with Gasteiger partial charge in [-0.2, -0.15) is 0 Å². The van der Waals surface area contributed by atoms with Gasteiger partial charge in [-0.1, -0.05) is 55.5 Å². The fourth-order valence-electron chi connectivity index (χ4n) is 4.78. The number of alkyl carbamates (subject to hydrolysis) is 1. The molecular weight excluding hydrogens is 450 g/mol. The summed E-state index contributed by atoms with van der Waals surface area (Å²) in [7, 11) is 1.51. The minimum atomic E-state index is -1.17. The molecule has 35 heavy (non-hydrogen) atoms. The zero-order valence-electron chi connectivity index (χ0n) is 19.8. The lowest BCUT2D eigenvalue weighted by atomic mass is 9.98. The summed E-state index contributed by atoms with van der Waals surface area (Å²) in [5.41, 5.74) is 4.46. The number of carboxylic acids is 1. The molecule has 1 heterocycles. The number of fused-ring (bicyclic) bond motifs is 3. The van der Waals surface area contributed by atoms with Crippen LogP contribution in [0.5, 0.6) is 0 Å². The second kappa shape index (κ2) is 10.2. The van der Waals surface area contributed by atoms with Gasteiger partial charge in [0.15, 0.2) is 0 Å². The van der Waals surface area contributed by atoms with Gasteiger partial charge in [-0.15, -0.1) is 0 Å². The van der Waals surface area contributed by atoms with Gasteiger partial charge in [0.05, 0.1) is 12.5 Å². The number of aliphatic carboxylic acids is 1. The summed E-state index contributed by atoms with van der Waals surface area (Å²) in [6.45, 7) is 1.54. The van der Waals surface area contributed by atoms with Crippen molar-refractivity contribution < 1.29 is 29.0 Å². The lowest BCUT2D eigenvalue weighted by Gasteiger charge is -2.38. The van der Waals surface area contributed by atoms with Crippen LogP contribution in [-0.4, -0.2) is 78.1 Å². The molecule has 2 unspecified atom stereocenters. The third-order valence-electron chi connectivity index (χ3n) is 6.80. The summed E-state index contributed by atoms with van der Waals surface area (Å²) in [4.78, 5) is 51.7. The van der Waals surface area contributed by atoms with Crippen LogP contribution < -0.4 is 5.32 Å². The minimum absolute atomic E-state index is 0.0150. The molecular formula is C26H29N3O6. The highest BCUT2D eigenvalue weighted by Crippen LogP contribution is 2.44. The largest absolute Gasteiger partial charge is 0.480 e. The average molecular weight is 480 g/mol. The fraction of sp³-hybridized carbons (Fsp3) is 0.385. The molecule has 2 N–H and O–H groups in total. The maximum absolute atomic E-state index is 13.1. The van der Waals surface area contributed by atoms with Crippen LogP contribution in [-0.2, 0) is 19.1 Å². The number of benzene rings is 2. The van der Waals surface area contributed by atoms with E-state index in [1.807, 2.05) is 36.4 Å². The number of likely N-dealkylation sites (N-methyl/N-ethyl adjacent to an activating group) is 1. The van der Waals surface area contributed by atoms with E-state index in [2.05, 4.69) is 17.4 Å². The van der Waals surface area contributed by atoms with Crippen molar-refractivity contribution in [2.24, 2.45) is 5.92 Å². The van der Waals surface area contributed by atoms with Crippen molar-refractivity contribution in [3.8, 4) is 11.1 Å². The van der Waals surface area contributed by atoms with Crippen molar-refractivity contribution in [2.45, 2.75) is 25.3 Å². The number of carbonyl (C=O) groups is 4. The molecule has 0 spiro atoms. The maximum Gasteiger partial charge on any atom is 0.407 e. The van der Waals surface area contributed by atoms with Gasteiger partial charge < -0.3 is 25.0 Å². The van der Waals surface area contributed by atoms with Crippen LogP contribution in [0.2, 0.25) is 0 Å². The number of rotatable bonds is 7. The Morgan fingerprint density at radius 2 is 1.69 bits per heavy atom. The molecule has 9 nitrogen and oxygen atoms in total. The number of hydrogen-bond acceptors (Lipinski definition) is 5. The molecule has 2 aromatic carbocycles. The monoisotopic (exact) mass is 479 g/mol. The summed E-state index contributed by atoms with van der Waals surface area (Å²) in [6.07, 6.45) is -0.280. The van der Waals surface area contributed by atoms with E-state index < -0.39 is 29.9 Å². The molecule has 184 valence electrons. The van der Waals surface area contributed by atoms with E-state index in [0.717, 1.165) is 27.2 Å². The second-order valence-corrected chi connectivity index (χ2v) is 8.91. The first-order chi connectivity index (χ1) is 16.8. The predicted molar refractivity (Wildman–Crippen MR) is 128 cm³/mol. The Bertz CT molecular complexity index is 1100. The Labute approximate surface area is 203 Å². The highest BCUT2D eigenvalue weighted by atomic mass is 16.5. The summed E-state index contributed by atoms with van der Waals surface area (Å²) < 4.78 is 5.52. The Kier molecular flexibility index (Phi) is 7.04. The van der Waals surface area contributed by atoms with Gasteiger partial charge in [-0.3, -0.25) is 9.59 Å². The third kappa shape index (κ3) is 4.84. The van der Waals surface area contributed by atoms with Crippen molar-refractivity contribution in [3.05, 3.63) is 59.7 Å². The van der Waals surface area contributed by atoms with E-state index >= 15 is 0 Å². The highest BCUT2D eigenvalue weighted by molar-refractivity contribution is 5.92. The van der Waals surface area contributed by atoms with Gasteiger partial charge in [-0.05, 0) is 28.7 Å². The first-order valence-corrected chi connectivity index (χ1v) is 11.7. The summed E-state index contributed by atoms with van der Waals surface area (Å²) >= 11 is 0. The van der Waals surface area contributed by atoms with Crippen molar-refractivity contribution in [3.63, 3.8) is 0 Å². The van der Waals surface area contributed by atoms with Crippen LogP contribution in [0.25, 0.3) is 11.1 Å². The van der Waals surface area contributed by atoms with Crippen molar-refractivity contribution in [1.82, 2.24) is 15.1 Å². The average Bonchev–Trinajstić information content (AvgIpc) is 3.18. The topological polar surface area (TPSA) is 116 Å². The Morgan fingerprint density at radius 3 is 2.26 bits per heavy atom.